The molecule has 4 N–H and O–H groups in total. The van der Waals surface area contributed by atoms with Crippen LogP contribution in [0.5, 0.6) is 0 Å². The second-order valence-electron chi connectivity index (χ2n) is 6.27. The molecule has 3 atom stereocenters. The van der Waals surface area contributed by atoms with E-state index in [1.807, 2.05) is 0 Å². The van der Waals surface area contributed by atoms with E-state index in [0.29, 0.717) is 35.2 Å². The van der Waals surface area contributed by atoms with Gasteiger partial charge >= 0.3 is 0 Å². The molecule has 0 aromatic carbocycles. The topological polar surface area (TPSA) is 96.7 Å². The van der Waals surface area contributed by atoms with Gasteiger partial charge in [0, 0.05) is 11.3 Å². The molecule has 0 unspecified atom stereocenters. The molecule has 3 rings (SSSR count). The third kappa shape index (κ3) is 1.32. The van der Waals surface area contributed by atoms with Crippen molar-refractivity contribution in [2.45, 2.75) is 45.3 Å². The van der Waals surface area contributed by atoms with Crippen molar-refractivity contribution in [3.8, 4) is 0 Å². The standard InChI is InChI=1S/C15H19NO4/c1-7-6-20-12-9(7)11(17)10-8(16)4-5-14(2,19)15(10,3)13(12)18/h6,13,18-19H,4-5,16H2,1-3H3/t13-,14-,15+/m1/s1. The summed E-state index contributed by atoms with van der Waals surface area (Å²) in [6, 6.07) is 0. The number of fused-ring (bicyclic) bond motifs is 2. The Kier molecular flexibility index (Phi) is 2.50. The lowest BCUT2D eigenvalue weighted by molar-refractivity contribution is -0.122. The third-order valence-corrected chi connectivity index (χ3v) is 5.09. The monoisotopic (exact) mass is 277 g/mol. The number of rotatable bonds is 0. The molecule has 20 heavy (non-hydrogen) atoms. The molecular weight excluding hydrogens is 258 g/mol. The summed E-state index contributed by atoms with van der Waals surface area (Å²) in [4.78, 5) is 12.8. The SMILES string of the molecule is Cc1coc2c1C(=O)C1=C(N)CC[C@@](C)(O)[C@]1(C)[C@@H]2O. The molecule has 0 amide bonds. The van der Waals surface area contributed by atoms with Crippen LogP contribution in [0.2, 0.25) is 0 Å². The number of carbonyl (C=O) groups is 1. The fourth-order valence-corrected chi connectivity index (χ4v) is 3.52. The smallest absolute Gasteiger partial charge is 0.195 e. The molecule has 0 saturated carbocycles. The lowest BCUT2D eigenvalue weighted by Gasteiger charge is -2.51. The molecule has 2 aliphatic carbocycles. The molecule has 108 valence electrons. The summed E-state index contributed by atoms with van der Waals surface area (Å²) in [6.45, 7) is 5.07. The number of aryl methyl sites for hydroxylation is 1. The minimum atomic E-state index is -1.22. The highest BCUT2D eigenvalue weighted by atomic mass is 16.4. The summed E-state index contributed by atoms with van der Waals surface area (Å²) in [5.41, 5.74) is 5.50. The highest BCUT2D eigenvalue weighted by Gasteiger charge is 2.60. The van der Waals surface area contributed by atoms with E-state index in [0.717, 1.165) is 0 Å². The number of ketones is 1. The molecule has 5 nitrogen and oxygen atoms in total. The van der Waals surface area contributed by atoms with E-state index in [9.17, 15) is 15.0 Å². The van der Waals surface area contributed by atoms with E-state index in [1.54, 1.807) is 20.8 Å². The first-order valence-corrected chi connectivity index (χ1v) is 6.74. The zero-order valence-electron chi connectivity index (χ0n) is 11.9. The summed E-state index contributed by atoms with van der Waals surface area (Å²) < 4.78 is 5.37. The van der Waals surface area contributed by atoms with Gasteiger partial charge in [0.25, 0.3) is 0 Å². The molecule has 2 aliphatic rings. The van der Waals surface area contributed by atoms with Gasteiger partial charge < -0.3 is 20.4 Å². The fraction of sp³-hybridized carbons (Fsp3) is 0.533. The van der Waals surface area contributed by atoms with E-state index in [2.05, 4.69) is 0 Å². The van der Waals surface area contributed by atoms with Crippen molar-refractivity contribution >= 4 is 5.78 Å². The molecule has 5 heteroatoms. The van der Waals surface area contributed by atoms with Gasteiger partial charge in [-0.3, -0.25) is 4.79 Å². The largest absolute Gasteiger partial charge is 0.465 e. The zero-order valence-corrected chi connectivity index (χ0v) is 11.9. The average Bonchev–Trinajstić information content (AvgIpc) is 2.75. The number of hydrogen-bond acceptors (Lipinski definition) is 5. The molecule has 1 aromatic heterocycles. The first-order valence-electron chi connectivity index (χ1n) is 6.74. The lowest BCUT2D eigenvalue weighted by Crippen LogP contribution is -2.55. The number of nitrogens with two attached hydrogens (primary N) is 1. The lowest BCUT2D eigenvalue weighted by atomic mass is 9.55. The first kappa shape index (κ1) is 13.4. The Balaban J connectivity index is 2.36. The summed E-state index contributed by atoms with van der Waals surface area (Å²) in [7, 11) is 0. The minimum Gasteiger partial charge on any atom is -0.465 e. The van der Waals surface area contributed by atoms with Gasteiger partial charge in [0.15, 0.2) is 5.78 Å². The molecule has 0 spiro atoms. The Bertz CT molecular complexity index is 640. The molecule has 1 heterocycles. The van der Waals surface area contributed by atoms with Crippen LogP contribution in [0, 0.1) is 12.3 Å². The maximum Gasteiger partial charge on any atom is 0.195 e. The maximum atomic E-state index is 12.8. The van der Waals surface area contributed by atoms with Crippen molar-refractivity contribution in [3.05, 3.63) is 34.4 Å². The van der Waals surface area contributed by atoms with Gasteiger partial charge in [-0.15, -0.1) is 0 Å². The van der Waals surface area contributed by atoms with Crippen molar-refractivity contribution < 1.29 is 19.4 Å². The van der Waals surface area contributed by atoms with E-state index in [-0.39, 0.29) is 11.5 Å². The average molecular weight is 277 g/mol. The normalized spacial score (nSPS) is 36.9. The van der Waals surface area contributed by atoms with Crippen molar-refractivity contribution in [2.75, 3.05) is 0 Å². The zero-order chi connectivity index (χ0) is 14.9. The second kappa shape index (κ2) is 3.74. The number of carbonyl (C=O) groups excluding carboxylic acids is 1. The number of allylic oxidation sites excluding steroid dienone is 1. The van der Waals surface area contributed by atoms with Gasteiger partial charge in [-0.1, -0.05) is 0 Å². The van der Waals surface area contributed by atoms with Crippen molar-refractivity contribution in [2.24, 2.45) is 11.1 Å². The molecule has 0 radical (unpaired) electrons. The summed E-state index contributed by atoms with van der Waals surface area (Å²) in [5.74, 6) is -0.00903. The van der Waals surface area contributed by atoms with Gasteiger partial charge in [0.05, 0.1) is 22.8 Å². The first-order chi connectivity index (χ1) is 9.22. The Morgan fingerprint density at radius 1 is 1.45 bits per heavy atom. The summed E-state index contributed by atoms with van der Waals surface area (Å²) in [6.07, 6.45) is 1.21. The molecule has 0 aliphatic heterocycles. The van der Waals surface area contributed by atoms with Crippen molar-refractivity contribution in [3.63, 3.8) is 0 Å². The third-order valence-electron chi connectivity index (χ3n) is 5.09. The fourth-order valence-electron chi connectivity index (χ4n) is 3.52. The van der Waals surface area contributed by atoms with Crippen LogP contribution in [0.15, 0.2) is 22.0 Å². The van der Waals surface area contributed by atoms with Gasteiger partial charge in [-0.2, -0.15) is 0 Å². The summed E-state index contributed by atoms with van der Waals surface area (Å²) in [5, 5.41) is 21.4. The van der Waals surface area contributed by atoms with E-state index >= 15 is 0 Å². The quantitative estimate of drug-likeness (QED) is 0.669. The Morgan fingerprint density at radius 2 is 2.10 bits per heavy atom. The Hall–Kier alpha value is -1.59. The molecular formula is C15H19NO4. The predicted molar refractivity (Wildman–Crippen MR) is 71.9 cm³/mol. The van der Waals surface area contributed by atoms with Crippen LogP contribution in [0.25, 0.3) is 0 Å². The maximum absolute atomic E-state index is 12.8. The molecule has 1 aromatic rings. The number of furan rings is 1. The number of aliphatic hydroxyl groups excluding tert-OH is 1. The van der Waals surface area contributed by atoms with Crippen LogP contribution in [-0.2, 0) is 0 Å². The van der Waals surface area contributed by atoms with Crippen LogP contribution in [0.3, 0.4) is 0 Å². The van der Waals surface area contributed by atoms with Crippen LogP contribution >= 0.6 is 0 Å². The Labute approximate surface area is 117 Å². The van der Waals surface area contributed by atoms with Crippen LogP contribution in [0.4, 0.5) is 0 Å². The van der Waals surface area contributed by atoms with Gasteiger partial charge in [0.2, 0.25) is 0 Å². The molecule has 0 saturated heterocycles. The van der Waals surface area contributed by atoms with E-state index in [1.165, 1.54) is 6.26 Å². The predicted octanol–water partition coefficient (Wildman–Crippen LogP) is 1.58. The Morgan fingerprint density at radius 3 is 2.75 bits per heavy atom. The highest BCUT2D eigenvalue weighted by molar-refractivity contribution is 6.13. The van der Waals surface area contributed by atoms with Gasteiger partial charge in [0.1, 0.15) is 11.9 Å². The van der Waals surface area contributed by atoms with Gasteiger partial charge in [-0.05, 0) is 39.2 Å². The van der Waals surface area contributed by atoms with E-state index < -0.39 is 17.1 Å². The van der Waals surface area contributed by atoms with E-state index in [4.69, 9.17) is 10.2 Å². The minimum absolute atomic E-state index is 0.230. The number of hydrogen-bond donors (Lipinski definition) is 3. The number of aliphatic hydroxyl groups is 2. The van der Waals surface area contributed by atoms with Crippen molar-refractivity contribution in [1.82, 2.24) is 0 Å². The highest BCUT2D eigenvalue weighted by Crippen LogP contribution is 2.58. The molecule has 0 bridgehead atoms. The molecule has 0 fully saturated rings. The number of Topliss-reactive ketones (excluding diaryl/α,β-unsaturated/α-hetero) is 1. The van der Waals surface area contributed by atoms with Crippen LogP contribution in [0.1, 0.15) is 54.5 Å². The van der Waals surface area contributed by atoms with Gasteiger partial charge in [-0.25, -0.2) is 0 Å². The van der Waals surface area contributed by atoms with Crippen LogP contribution in [-0.4, -0.2) is 21.6 Å². The van der Waals surface area contributed by atoms with Crippen molar-refractivity contribution in [1.29, 1.82) is 0 Å². The summed E-state index contributed by atoms with van der Waals surface area (Å²) >= 11 is 0. The van der Waals surface area contributed by atoms with Crippen LogP contribution < -0.4 is 5.73 Å². The second-order valence-corrected chi connectivity index (χ2v) is 6.27.